The van der Waals surface area contributed by atoms with Gasteiger partial charge in [0, 0.05) is 20.2 Å². The molecule has 2 heterocycles. The Labute approximate surface area is 222 Å². The van der Waals surface area contributed by atoms with E-state index in [1.165, 1.54) is 123 Å². The average Bonchev–Trinajstić information content (AvgIpc) is 3.56. The zero-order valence-corrected chi connectivity index (χ0v) is 23.1. The molecule has 184 valence electrons. The van der Waals surface area contributed by atoms with Crippen molar-refractivity contribution in [3.05, 3.63) is 70.9 Å². The van der Waals surface area contributed by atoms with Gasteiger partial charge in [0.25, 0.3) is 0 Å². The van der Waals surface area contributed by atoms with Crippen molar-refractivity contribution in [3.63, 3.8) is 0 Å². The largest absolute Gasteiger partial charge is 0.143 e. The maximum atomic E-state index is 2.43. The van der Waals surface area contributed by atoms with Gasteiger partial charge in [0.2, 0.25) is 0 Å². The maximum Gasteiger partial charge on any atom is 0.0424 e. The quantitative estimate of drug-likeness (QED) is 0.121. The summed E-state index contributed by atoms with van der Waals surface area (Å²) in [6.07, 6.45) is 15.2. The highest BCUT2D eigenvalue weighted by atomic mass is 32.1. The van der Waals surface area contributed by atoms with Crippen molar-refractivity contribution < 1.29 is 0 Å². The van der Waals surface area contributed by atoms with E-state index >= 15 is 0 Å². The molecule has 0 amide bonds. The number of hydrogen-bond donors (Lipinski definition) is 0. The molecule has 0 aliphatic carbocycles. The molecule has 4 aromatic carbocycles. The number of thiophene rings is 2. The van der Waals surface area contributed by atoms with Crippen LogP contribution in [0.2, 0.25) is 0 Å². The predicted molar refractivity (Wildman–Crippen MR) is 165 cm³/mol. The summed E-state index contributed by atoms with van der Waals surface area (Å²) >= 11 is 3.79. The number of unbranched alkanes of at least 4 members (excludes halogenated alkanes) is 9. The van der Waals surface area contributed by atoms with E-state index in [-0.39, 0.29) is 0 Å². The summed E-state index contributed by atoms with van der Waals surface area (Å²) in [5.74, 6) is 0. The summed E-state index contributed by atoms with van der Waals surface area (Å²) in [6.45, 7) is 2.30. The van der Waals surface area contributed by atoms with E-state index in [0.717, 1.165) is 0 Å². The van der Waals surface area contributed by atoms with Crippen LogP contribution in [0.25, 0.3) is 52.5 Å². The highest BCUT2D eigenvalue weighted by Gasteiger charge is 2.12. The normalized spacial score (nSPS) is 12.1. The van der Waals surface area contributed by atoms with Crippen molar-refractivity contribution in [1.29, 1.82) is 0 Å². The van der Waals surface area contributed by atoms with Crippen LogP contribution in [0.4, 0.5) is 0 Å². The molecule has 0 bridgehead atoms. The van der Waals surface area contributed by atoms with Crippen LogP contribution in [0, 0.1) is 0 Å². The third kappa shape index (κ3) is 4.55. The SMILES string of the molecule is CCCCCCCCCCCCc1csc2c1ccc1c3ccc4c(ccc5ccsc54)c3ccc12. The number of rotatable bonds is 11. The first-order valence-electron chi connectivity index (χ1n) is 14.0. The third-order valence-corrected chi connectivity index (χ3v) is 10.1. The van der Waals surface area contributed by atoms with Crippen molar-refractivity contribution in [2.75, 3.05) is 0 Å². The lowest BCUT2D eigenvalue weighted by atomic mass is 9.95. The molecule has 0 radical (unpaired) electrons. The Hall–Kier alpha value is -2.42. The van der Waals surface area contributed by atoms with Gasteiger partial charge in [-0.3, -0.25) is 0 Å². The van der Waals surface area contributed by atoms with Crippen LogP contribution in [0.1, 0.15) is 76.7 Å². The molecule has 0 spiro atoms. The Morgan fingerprint density at radius 3 is 1.69 bits per heavy atom. The van der Waals surface area contributed by atoms with Gasteiger partial charge in [-0.25, -0.2) is 0 Å². The van der Waals surface area contributed by atoms with E-state index in [0.29, 0.717) is 0 Å². The molecule has 2 heteroatoms. The van der Waals surface area contributed by atoms with Crippen molar-refractivity contribution in [3.8, 4) is 0 Å². The lowest BCUT2D eigenvalue weighted by Gasteiger charge is -2.09. The summed E-state index contributed by atoms with van der Waals surface area (Å²) in [5, 5.41) is 15.8. The highest BCUT2D eigenvalue weighted by molar-refractivity contribution is 7.18. The van der Waals surface area contributed by atoms with Crippen LogP contribution in [0.15, 0.2) is 65.4 Å². The van der Waals surface area contributed by atoms with Gasteiger partial charge in [0.1, 0.15) is 0 Å². The molecular weight excluding hydrogens is 473 g/mol. The van der Waals surface area contributed by atoms with Gasteiger partial charge in [-0.15, -0.1) is 22.7 Å². The van der Waals surface area contributed by atoms with Gasteiger partial charge in [-0.2, -0.15) is 0 Å². The standard InChI is InChI=1S/C34H36S2/c1-2-3-4-5-6-7-8-9-10-11-12-25-23-36-34-26(25)15-16-30-28-17-19-31-29(27(28)18-20-32(30)34)14-13-24-21-22-35-33(24)31/h13-23H,2-12H2,1H3. The molecule has 6 aromatic rings. The van der Waals surface area contributed by atoms with Crippen molar-refractivity contribution in [1.82, 2.24) is 0 Å². The third-order valence-electron chi connectivity index (χ3n) is 8.02. The molecule has 0 N–H and O–H groups in total. The molecule has 2 aromatic heterocycles. The van der Waals surface area contributed by atoms with Crippen LogP contribution in [-0.2, 0) is 6.42 Å². The van der Waals surface area contributed by atoms with E-state index < -0.39 is 0 Å². The second-order valence-corrected chi connectivity index (χ2v) is 12.3. The Morgan fingerprint density at radius 2 is 1.00 bits per heavy atom. The minimum atomic E-state index is 1.22. The van der Waals surface area contributed by atoms with Gasteiger partial charge in [-0.05, 0) is 67.5 Å². The van der Waals surface area contributed by atoms with Gasteiger partial charge < -0.3 is 0 Å². The number of benzene rings is 4. The molecule has 0 fully saturated rings. The minimum absolute atomic E-state index is 1.22. The highest BCUT2D eigenvalue weighted by Crippen LogP contribution is 2.40. The Balaban J connectivity index is 1.19. The number of fused-ring (bicyclic) bond motifs is 9. The first-order valence-corrected chi connectivity index (χ1v) is 15.8. The maximum absolute atomic E-state index is 2.43. The Bertz CT molecular complexity index is 1630. The molecular formula is C34H36S2. The van der Waals surface area contributed by atoms with Crippen LogP contribution < -0.4 is 0 Å². The molecule has 0 unspecified atom stereocenters. The second-order valence-electron chi connectivity index (χ2n) is 10.5. The summed E-state index contributed by atoms with van der Waals surface area (Å²) < 4.78 is 2.87. The summed E-state index contributed by atoms with van der Waals surface area (Å²) in [7, 11) is 0. The molecule has 0 nitrogen and oxygen atoms in total. The topological polar surface area (TPSA) is 0 Å². The van der Waals surface area contributed by atoms with Gasteiger partial charge in [-0.1, -0.05) is 113 Å². The second kappa shape index (κ2) is 10.9. The first kappa shape index (κ1) is 23.9. The smallest absolute Gasteiger partial charge is 0.0424 e. The van der Waals surface area contributed by atoms with E-state index in [4.69, 9.17) is 0 Å². The van der Waals surface area contributed by atoms with Crippen LogP contribution in [0.3, 0.4) is 0 Å². The van der Waals surface area contributed by atoms with Crippen molar-refractivity contribution >= 4 is 75.2 Å². The van der Waals surface area contributed by atoms with Crippen molar-refractivity contribution in [2.45, 2.75) is 77.6 Å². The molecule has 0 saturated heterocycles. The van der Waals surface area contributed by atoms with E-state index in [1.54, 1.807) is 5.56 Å². The van der Waals surface area contributed by atoms with Gasteiger partial charge >= 0.3 is 0 Å². The summed E-state index contributed by atoms with van der Waals surface area (Å²) in [5.41, 5.74) is 1.55. The number of aryl methyl sites for hydroxylation is 1. The number of hydrogen-bond acceptors (Lipinski definition) is 2. The monoisotopic (exact) mass is 508 g/mol. The zero-order chi connectivity index (χ0) is 24.3. The fourth-order valence-corrected chi connectivity index (χ4v) is 8.07. The average molecular weight is 509 g/mol. The lowest BCUT2D eigenvalue weighted by molar-refractivity contribution is 0.556. The Kier molecular flexibility index (Phi) is 7.26. The minimum Gasteiger partial charge on any atom is -0.143 e. The van der Waals surface area contributed by atoms with E-state index in [2.05, 4.69) is 72.3 Å². The predicted octanol–water partition coefficient (Wildman–Crippen LogP) is 12.0. The lowest BCUT2D eigenvalue weighted by Crippen LogP contribution is -1.86. The Morgan fingerprint density at radius 1 is 0.472 bits per heavy atom. The molecule has 0 aliphatic rings. The van der Waals surface area contributed by atoms with E-state index in [1.807, 2.05) is 22.7 Å². The molecule has 6 rings (SSSR count). The van der Waals surface area contributed by atoms with Gasteiger partial charge in [0.15, 0.2) is 0 Å². The van der Waals surface area contributed by atoms with E-state index in [9.17, 15) is 0 Å². The fraction of sp³-hybridized carbons (Fsp3) is 0.353. The van der Waals surface area contributed by atoms with Crippen LogP contribution in [-0.4, -0.2) is 0 Å². The summed E-state index contributed by atoms with van der Waals surface area (Å²) in [4.78, 5) is 0. The van der Waals surface area contributed by atoms with Crippen molar-refractivity contribution in [2.24, 2.45) is 0 Å². The molecule has 0 atom stereocenters. The first-order chi connectivity index (χ1) is 17.8. The molecule has 36 heavy (non-hydrogen) atoms. The fourth-order valence-electron chi connectivity index (χ4n) is 6.01. The molecule has 0 saturated carbocycles. The summed E-state index contributed by atoms with van der Waals surface area (Å²) in [6, 6.07) is 21.0. The van der Waals surface area contributed by atoms with Gasteiger partial charge in [0.05, 0.1) is 0 Å². The molecule has 0 aliphatic heterocycles. The van der Waals surface area contributed by atoms with Crippen LogP contribution >= 0.6 is 22.7 Å². The zero-order valence-electron chi connectivity index (χ0n) is 21.4. The van der Waals surface area contributed by atoms with Crippen LogP contribution in [0.5, 0.6) is 0 Å².